The second-order valence-corrected chi connectivity index (χ2v) is 9.31. The maximum atomic E-state index is 13.4. The lowest BCUT2D eigenvalue weighted by Gasteiger charge is -2.10. The van der Waals surface area contributed by atoms with Gasteiger partial charge in [0.1, 0.15) is 5.82 Å². The molecule has 1 heterocycles. The van der Waals surface area contributed by atoms with E-state index in [1.807, 2.05) is 28.8 Å². The van der Waals surface area contributed by atoms with Gasteiger partial charge in [-0.1, -0.05) is 12.1 Å². The molecule has 0 aliphatic carbocycles. The number of benzene rings is 3. The third-order valence-electron chi connectivity index (χ3n) is 5.23. The lowest BCUT2D eigenvalue weighted by Crippen LogP contribution is -2.25. The van der Waals surface area contributed by atoms with Crippen LogP contribution in [0.3, 0.4) is 0 Å². The first-order valence-electron chi connectivity index (χ1n) is 10.4. The molecule has 9 heteroatoms. The maximum Gasteiger partial charge on any atom is 0.261 e. The van der Waals surface area contributed by atoms with E-state index in [1.165, 1.54) is 31.2 Å². The van der Waals surface area contributed by atoms with Crippen molar-refractivity contribution >= 4 is 32.7 Å². The monoisotopic (exact) mass is 466 g/mol. The van der Waals surface area contributed by atoms with Gasteiger partial charge >= 0.3 is 0 Å². The van der Waals surface area contributed by atoms with Crippen LogP contribution in [0.5, 0.6) is 0 Å². The topological polar surface area (TPSA) is 93.1 Å². The van der Waals surface area contributed by atoms with Crippen LogP contribution < -0.4 is 10.0 Å². The molecule has 4 aromatic rings. The largest absolute Gasteiger partial charge is 0.352 e. The summed E-state index contributed by atoms with van der Waals surface area (Å²) < 4.78 is 42.9. The van der Waals surface area contributed by atoms with Gasteiger partial charge in [-0.15, -0.1) is 0 Å². The number of imidazole rings is 1. The van der Waals surface area contributed by atoms with E-state index in [1.54, 1.807) is 18.5 Å². The minimum absolute atomic E-state index is 0.0334. The van der Waals surface area contributed by atoms with Crippen molar-refractivity contribution in [1.82, 2.24) is 14.9 Å². The number of amides is 1. The number of aryl methyl sites for hydroxylation is 2. The normalized spacial score (nSPS) is 11.5. The number of nitrogens with one attached hydrogen (secondary N) is 2. The fourth-order valence-corrected chi connectivity index (χ4v) is 4.57. The third-order valence-corrected chi connectivity index (χ3v) is 6.61. The predicted molar refractivity (Wildman–Crippen MR) is 125 cm³/mol. The summed E-state index contributed by atoms with van der Waals surface area (Å²) in [5.41, 5.74) is 2.96. The van der Waals surface area contributed by atoms with Crippen molar-refractivity contribution in [2.45, 2.75) is 24.8 Å². The third kappa shape index (κ3) is 5.20. The van der Waals surface area contributed by atoms with Gasteiger partial charge < -0.3 is 9.88 Å². The molecule has 33 heavy (non-hydrogen) atoms. The summed E-state index contributed by atoms with van der Waals surface area (Å²) in [6, 6.07) is 17.6. The Morgan fingerprint density at radius 1 is 1.06 bits per heavy atom. The second kappa shape index (κ2) is 9.41. The number of nitrogens with zero attached hydrogens (tertiary/aromatic N) is 2. The van der Waals surface area contributed by atoms with Crippen LogP contribution in [0.4, 0.5) is 10.1 Å². The van der Waals surface area contributed by atoms with Crippen LogP contribution in [-0.2, 0) is 16.6 Å². The van der Waals surface area contributed by atoms with Gasteiger partial charge in [0.05, 0.1) is 22.3 Å². The minimum atomic E-state index is -3.87. The average Bonchev–Trinajstić information content (AvgIpc) is 3.21. The molecule has 0 aliphatic rings. The molecule has 0 spiro atoms. The molecule has 0 saturated carbocycles. The number of anilines is 1. The van der Waals surface area contributed by atoms with Crippen LogP contribution in [0.2, 0.25) is 0 Å². The van der Waals surface area contributed by atoms with E-state index < -0.39 is 15.8 Å². The highest BCUT2D eigenvalue weighted by Gasteiger charge is 2.16. The van der Waals surface area contributed by atoms with Crippen molar-refractivity contribution in [3.8, 4) is 0 Å². The van der Waals surface area contributed by atoms with Crippen LogP contribution in [0.25, 0.3) is 11.0 Å². The Balaban J connectivity index is 1.31. The molecule has 0 bridgehead atoms. The number of hydrogen-bond acceptors (Lipinski definition) is 4. The van der Waals surface area contributed by atoms with E-state index in [-0.39, 0.29) is 16.4 Å². The van der Waals surface area contributed by atoms with Crippen molar-refractivity contribution in [3.63, 3.8) is 0 Å². The lowest BCUT2D eigenvalue weighted by atomic mass is 10.2. The highest BCUT2D eigenvalue weighted by Crippen LogP contribution is 2.19. The van der Waals surface area contributed by atoms with Crippen molar-refractivity contribution < 1.29 is 17.6 Å². The summed E-state index contributed by atoms with van der Waals surface area (Å²) in [6.07, 6.45) is 2.53. The smallest absolute Gasteiger partial charge is 0.261 e. The molecule has 0 radical (unpaired) electrons. The first-order chi connectivity index (χ1) is 15.8. The van der Waals surface area contributed by atoms with E-state index in [9.17, 15) is 17.6 Å². The number of carbonyl (C=O) groups excluding carboxylic acids is 1. The van der Waals surface area contributed by atoms with Gasteiger partial charge in [-0.25, -0.2) is 17.8 Å². The van der Waals surface area contributed by atoms with Gasteiger partial charge in [-0.3, -0.25) is 9.52 Å². The van der Waals surface area contributed by atoms with Crippen LogP contribution in [0.15, 0.2) is 78.0 Å². The van der Waals surface area contributed by atoms with Crippen molar-refractivity contribution in [2.24, 2.45) is 0 Å². The number of halogens is 1. The SMILES string of the molecule is Cc1cc(S(=O)(=O)Nc2ccc(C(=O)NCCCn3cnc4ccccc43)cc2)ccc1F. The van der Waals surface area contributed by atoms with Crippen molar-refractivity contribution in [1.29, 1.82) is 0 Å². The number of hydrogen-bond donors (Lipinski definition) is 2. The Bertz CT molecular complexity index is 1400. The van der Waals surface area contributed by atoms with Crippen molar-refractivity contribution in [3.05, 3.63) is 90.0 Å². The molecule has 1 amide bonds. The number of fused-ring (bicyclic) bond motifs is 1. The predicted octanol–water partition coefficient (Wildman–Crippen LogP) is 4.10. The molecule has 7 nitrogen and oxygen atoms in total. The van der Waals surface area contributed by atoms with Crippen molar-refractivity contribution in [2.75, 3.05) is 11.3 Å². The Morgan fingerprint density at radius 3 is 2.58 bits per heavy atom. The Morgan fingerprint density at radius 2 is 1.82 bits per heavy atom. The standard InChI is InChI=1S/C24H23FN4O3S/c1-17-15-20(11-12-21(17)25)33(31,32)28-19-9-7-18(8-10-19)24(30)26-13-4-14-29-16-27-22-5-2-3-6-23(22)29/h2-3,5-12,15-16,28H,4,13-14H2,1H3,(H,26,30). The van der Waals surface area contributed by atoms with Crippen LogP contribution in [0, 0.1) is 12.7 Å². The van der Waals surface area contributed by atoms with Gasteiger partial charge in [0, 0.05) is 24.3 Å². The zero-order chi connectivity index (χ0) is 23.4. The van der Waals surface area contributed by atoms with Gasteiger partial charge in [0.15, 0.2) is 0 Å². The van der Waals surface area contributed by atoms with Gasteiger partial charge in [0.2, 0.25) is 0 Å². The van der Waals surface area contributed by atoms with Crippen LogP contribution in [0.1, 0.15) is 22.3 Å². The van der Waals surface area contributed by atoms with Gasteiger partial charge in [-0.05, 0) is 73.5 Å². The lowest BCUT2D eigenvalue weighted by molar-refractivity contribution is 0.0953. The molecule has 1 aromatic heterocycles. The molecular weight excluding hydrogens is 443 g/mol. The summed E-state index contributed by atoms with van der Waals surface area (Å²) in [4.78, 5) is 16.7. The Kier molecular flexibility index (Phi) is 6.41. The molecule has 4 rings (SSSR count). The van der Waals surface area contributed by atoms with Crippen LogP contribution in [-0.4, -0.2) is 30.4 Å². The number of carbonyl (C=O) groups is 1. The number of sulfonamides is 1. The molecule has 2 N–H and O–H groups in total. The fourth-order valence-electron chi connectivity index (χ4n) is 3.43. The summed E-state index contributed by atoms with van der Waals surface area (Å²) in [5.74, 6) is -0.711. The maximum absolute atomic E-state index is 13.4. The molecule has 0 unspecified atom stereocenters. The highest BCUT2D eigenvalue weighted by molar-refractivity contribution is 7.92. The van der Waals surface area contributed by atoms with E-state index in [0.29, 0.717) is 17.8 Å². The summed E-state index contributed by atoms with van der Waals surface area (Å²) in [7, 11) is -3.87. The zero-order valence-corrected chi connectivity index (χ0v) is 18.8. The van der Waals surface area contributed by atoms with Gasteiger partial charge in [-0.2, -0.15) is 0 Å². The highest BCUT2D eigenvalue weighted by atomic mass is 32.2. The summed E-state index contributed by atoms with van der Waals surface area (Å²) >= 11 is 0. The van der Waals surface area contributed by atoms with E-state index in [0.717, 1.165) is 30.1 Å². The Hall–Kier alpha value is -3.72. The molecule has 0 saturated heterocycles. The molecule has 0 aliphatic heterocycles. The first-order valence-corrected chi connectivity index (χ1v) is 11.9. The fraction of sp³-hybridized carbons (Fsp3) is 0.167. The molecule has 0 fully saturated rings. The molecule has 3 aromatic carbocycles. The van der Waals surface area contributed by atoms with Crippen LogP contribution >= 0.6 is 0 Å². The quantitative estimate of drug-likeness (QED) is 0.382. The molecule has 0 atom stereocenters. The number of para-hydroxylation sites is 2. The van der Waals surface area contributed by atoms with E-state index in [2.05, 4.69) is 15.0 Å². The van der Waals surface area contributed by atoms with E-state index in [4.69, 9.17) is 0 Å². The molecular formula is C24H23FN4O3S. The summed E-state index contributed by atoms with van der Waals surface area (Å²) in [6.45, 7) is 2.72. The number of aromatic nitrogens is 2. The summed E-state index contributed by atoms with van der Waals surface area (Å²) in [5, 5.41) is 2.87. The first kappa shape index (κ1) is 22.5. The second-order valence-electron chi connectivity index (χ2n) is 7.63. The van der Waals surface area contributed by atoms with E-state index >= 15 is 0 Å². The Labute approximate surface area is 191 Å². The minimum Gasteiger partial charge on any atom is -0.352 e. The number of rotatable bonds is 8. The average molecular weight is 467 g/mol. The molecule has 170 valence electrons. The zero-order valence-electron chi connectivity index (χ0n) is 18.0. The van der Waals surface area contributed by atoms with Gasteiger partial charge in [0.25, 0.3) is 15.9 Å².